The monoisotopic (exact) mass is 262 g/mol. The van der Waals surface area contributed by atoms with Crippen molar-refractivity contribution in [3.05, 3.63) is 35.9 Å². The summed E-state index contributed by atoms with van der Waals surface area (Å²) in [5.74, 6) is 0.559. The number of rotatable bonds is 7. The molecule has 19 heavy (non-hydrogen) atoms. The van der Waals surface area contributed by atoms with Gasteiger partial charge in [-0.25, -0.2) is 0 Å². The minimum atomic E-state index is -0.0764. The van der Waals surface area contributed by atoms with Crippen molar-refractivity contribution in [1.29, 1.82) is 0 Å². The molecule has 1 aromatic carbocycles. The fourth-order valence-corrected chi connectivity index (χ4v) is 2.30. The summed E-state index contributed by atoms with van der Waals surface area (Å²) in [5, 5.41) is 2.97. The van der Waals surface area contributed by atoms with Crippen LogP contribution in [0.3, 0.4) is 0 Å². The quantitative estimate of drug-likeness (QED) is 0.793. The van der Waals surface area contributed by atoms with Crippen molar-refractivity contribution in [2.75, 3.05) is 6.54 Å². The lowest BCUT2D eigenvalue weighted by molar-refractivity contribution is -0.122. The van der Waals surface area contributed by atoms with Gasteiger partial charge in [-0.05, 0) is 24.3 Å². The Labute approximate surface area is 116 Å². The molecule has 0 aliphatic heterocycles. The van der Waals surface area contributed by atoms with Crippen LogP contribution in [0.2, 0.25) is 0 Å². The van der Waals surface area contributed by atoms with Crippen molar-refractivity contribution in [3.63, 3.8) is 0 Å². The Morgan fingerprint density at radius 1 is 1.26 bits per heavy atom. The van der Waals surface area contributed by atoms with Gasteiger partial charge in [-0.2, -0.15) is 0 Å². The molecular weight excluding hydrogens is 236 g/mol. The summed E-state index contributed by atoms with van der Waals surface area (Å²) in [6, 6.07) is 9.94. The lowest BCUT2D eigenvalue weighted by Gasteiger charge is -2.19. The van der Waals surface area contributed by atoms with Gasteiger partial charge in [0.25, 0.3) is 0 Å². The highest BCUT2D eigenvalue weighted by Crippen LogP contribution is 2.19. The van der Waals surface area contributed by atoms with E-state index in [9.17, 15) is 4.79 Å². The Hall–Kier alpha value is -1.35. The van der Waals surface area contributed by atoms with Gasteiger partial charge in [0.2, 0.25) is 5.91 Å². The summed E-state index contributed by atoms with van der Waals surface area (Å²) in [6.07, 6.45) is 1.73. The van der Waals surface area contributed by atoms with Crippen LogP contribution < -0.4 is 11.1 Å². The number of carbonyl (C=O) groups excluding carboxylic acids is 1. The summed E-state index contributed by atoms with van der Waals surface area (Å²) in [4.78, 5) is 12.2. The molecule has 0 aliphatic rings. The topological polar surface area (TPSA) is 55.1 Å². The standard InChI is InChI=1S/C16H26N2O/c1-4-15(13-8-6-5-7-9-13)16(19)18-11-14(17)10-12(2)3/h5-9,12,14-15H,4,10-11,17H2,1-3H3,(H,18,19). The molecule has 3 N–H and O–H groups in total. The van der Waals surface area contributed by atoms with Gasteiger partial charge in [-0.3, -0.25) is 4.79 Å². The van der Waals surface area contributed by atoms with Crippen molar-refractivity contribution >= 4 is 5.91 Å². The summed E-state index contributed by atoms with van der Waals surface area (Å²) in [6.45, 7) is 6.87. The molecule has 0 radical (unpaired) electrons. The normalized spacial score (nSPS) is 14.2. The van der Waals surface area contributed by atoms with E-state index in [-0.39, 0.29) is 17.9 Å². The van der Waals surface area contributed by atoms with Crippen LogP contribution >= 0.6 is 0 Å². The third-order valence-corrected chi connectivity index (χ3v) is 3.24. The zero-order chi connectivity index (χ0) is 14.3. The fraction of sp³-hybridized carbons (Fsp3) is 0.562. The van der Waals surface area contributed by atoms with Crippen molar-refractivity contribution < 1.29 is 4.79 Å². The fourth-order valence-electron chi connectivity index (χ4n) is 2.30. The predicted octanol–water partition coefficient (Wildman–Crippen LogP) is 2.67. The van der Waals surface area contributed by atoms with Gasteiger partial charge in [0, 0.05) is 12.6 Å². The van der Waals surface area contributed by atoms with Crippen LogP contribution in [-0.2, 0) is 4.79 Å². The van der Waals surface area contributed by atoms with E-state index in [1.165, 1.54) is 0 Å². The van der Waals surface area contributed by atoms with Crippen molar-refractivity contribution in [3.8, 4) is 0 Å². The molecular formula is C16H26N2O. The van der Waals surface area contributed by atoms with Crippen LogP contribution in [0.25, 0.3) is 0 Å². The van der Waals surface area contributed by atoms with E-state index in [0.717, 1.165) is 18.4 Å². The molecule has 0 saturated heterocycles. The second-order valence-electron chi connectivity index (χ2n) is 5.51. The Morgan fingerprint density at radius 2 is 1.89 bits per heavy atom. The number of amides is 1. The minimum Gasteiger partial charge on any atom is -0.354 e. The number of benzene rings is 1. The van der Waals surface area contributed by atoms with Crippen LogP contribution in [0.1, 0.15) is 45.1 Å². The van der Waals surface area contributed by atoms with E-state index in [1.54, 1.807) is 0 Å². The lowest BCUT2D eigenvalue weighted by atomic mass is 9.95. The molecule has 2 unspecified atom stereocenters. The molecule has 0 fully saturated rings. The summed E-state index contributed by atoms with van der Waals surface area (Å²) in [7, 11) is 0. The number of hydrogen-bond acceptors (Lipinski definition) is 2. The van der Waals surface area contributed by atoms with Crippen molar-refractivity contribution in [1.82, 2.24) is 5.32 Å². The first-order chi connectivity index (χ1) is 9.04. The van der Waals surface area contributed by atoms with Gasteiger partial charge < -0.3 is 11.1 Å². The van der Waals surface area contributed by atoms with Crippen LogP contribution in [0.4, 0.5) is 0 Å². The first-order valence-electron chi connectivity index (χ1n) is 7.12. The van der Waals surface area contributed by atoms with Gasteiger partial charge >= 0.3 is 0 Å². The van der Waals surface area contributed by atoms with Crippen LogP contribution in [0, 0.1) is 5.92 Å². The lowest BCUT2D eigenvalue weighted by Crippen LogP contribution is -2.40. The maximum atomic E-state index is 12.2. The summed E-state index contributed by atoms with van der Waals surface area (Å²) < 4.78 is 0. The molecule has 3 nitrogen and oxygen atoms in total. The molecule has 106 valence electrons. The van der Waals surface area contributed by atoms with E-state index in [0.29, 0.717) is 12.5 Å². The third-order valence-electron chi connectivity index (χ3n) is 3.24. The molecule has 1 aromatic rings. The molecule has 3 heteroatoms. The molecule has 0 heterocycles. The van der Waals surface area contributed by atoms with Crippen molar-refractivity contribution in [2.45, 2.75) is 45.6 Å². The largest absolute Gasteiger partial charge is 0.354 e. The van der Waals surface area contributed by atoms with E-state index < -0.39 is 0 Å². The number of hydrogen-bond donors (Lipinski definition) is 2. The molecule has 0 aliphatic carbocycles. The average molecular weight is 262 g/mol. The van der Waals surface area contributed by atoms with Crippen LogP contribution in [-0.4, -0.2) is 18.5 Å². The Bertz CT molecular complexity index is 376. The molecule has 0 aromatic heterocycles. The highest BCUT2D eigenvalue weighted by Gasteiger charge is 2.18. The SMILES string of the molecule is CCC(C(=O)NCC(N)CC(C)C)c1ccccc1. The Kier molecular flexibility index (Phi) is 6.57. The minimum absolute atomic E-state index is 0.0391. The zero-order valence-electron chi connectivity index (χ0n) is 12.2. The molecule has 2 atom stereocenters. The zero-order valence-corrected chi connectivity index (χ0v) is 12.2. The third kappa shape index (κ3) is 5.43. The maximum absolute atomic E-state index is 12.2. The van der Waals surface area contributed by atoms with Gasteiger partial charge in [-0.1, -0.05) is 51.1 Å². The smallest absolute Gasteiger partial charge is 0.227 e. The van der Waals surface area contributed by atoms with E-state index in [1.807, 2.05) is 37.3 Å². The second-order valence-corrected chi connectivity index (χ2v) is 5.51. The maximum Gasteiger partial charge on any atom is 0.227 e. The van der Waals surface area contributed by atoms with Gasteiger partial charge in [0.05, 0.1) is 5.92 Å². The van der Waals surface area contributed by atoms with Crippen molar-refractivity contribution in [2.24, 2.45) is 11.7 Å². The first-order valence-corrected chi connectivity index (χ1v) is 7.12. The van der Waals surface area contributed by atoms with Crippen LogP contribution in [0.5, 0.6) is 0 Å². The molecule has 1 rings (SSSR count). The average Bonchev–Trinajstić information content (AvgIpc) is 2.38. The highest BCUT2D eigenvalue weighted by atomic mass is 16.1. The van der Waals surface area contributed by atoms with Gasteiger partial charge in [0.1, 0.15) is 0 Å². The Balaban J connectivity index is 2.51. The Morgan fingerprint density at radius 3 is 2.42 bits per heavy atom. The number of nitrogens with one attached hydrogen (secondary N) is 1. The van der Waals surface area contributed by atoms with E-state index >= 15 is 0 Å². The summed E-state index contributed by atoms with van der Waals surface area (Å²) in [5.41, 5.74) is 7.06. The number of nitrogens with two attached hydrogens (primary N) is 1. The first kappa shape index (κ1) is 15.7. The number of carbonyl (C=O) groups is 1. The second kappa shape index (κ2) is 7.95. The predicted molar refractivity (Wildman–Crippen MR) is 79.9 cm³/mol. The van der Waals surface area contributed by atoms with E-state index in [2.05, 4.69) is 19.2 Å². The van der Waals surface area contributed by atoms with Gasteiger partial charge in [0.15, 0.2) is 0 Å². The molecule has 0 spiro atoms. The molecule has 0 saturated carbocycles. The van der Waals surface area contributed by atoms with Gasteiger partial charge in [-0.15, -0.1) is 0 Å². The van der Waals surface area contributed by atoms with E-state index in [4.69, 9.17) is 5.73 Å². The van der Waals surface area contributed by atoms with Crippen LogP contribution in [0.15, 0.2) is 30.3 Å². The molecule has 1 amide bonds. The molecule has 0 bridgehead atoms. The highest BCUT2D eigenvalue weighted by molar-refractivity contribution is 5.83. The summed E-state index contributed by atoms with van der Waals surface area (Å²) >= 11 is 0.